The van der Waals surface area contributed by atoms with Crippen molar-refractivity contribution in [3.05, 3.63) is 48.5 Å². The Hall–Kier alpha value is 0.585. The van der Waals surface area contributed by atoms with Gasteiger partial charge >= 0.3 is 88.7 Å². The van der Waals surface area contributed by atoms with E-state index in [1.165, 1.54) is 24.3 Å². The van der Waals surface area contributed by atoms with Crippen LogP contribution in [0.4, 0.5) is 0 Å². The third-order valence-electron chi connectivity index (χ3n) is 1.76. The van der Waals surface area contributed by atoms with Crippen LogP contribution in [0.2, 0.25) is 0 Å². The molecule has 11 heteroatoms. The van der Waals surface area contributed by atoms with Gasteiger partial charge < -0.3 is 35.5 Å². The number of aromatic hydroxyl groups is 4. The zero-order chi connectivity index (χ0) is 15.5. The molecular formula is C12H12BNa3O7. The molecule has 0 heterocycles. The van der Waals surface area contributed by atoms with Gasteiger partial charge in [-0.25, -0.2) is 0 Å². The average Bonchev–Trinajstić information content (AvgIpc) is 2.37. The number of rotatable bonds is 0. The molecule has 7 nitrogen and oxygen atoms in total. The van der Waals surface area contributed by atoms with Crippen molar-refractivity contribution in [2.24, 2.45) is 0 Å². The molecule has 0 aromatic heterocycles. The molecular weight excluding hydrogens is 336 g/mol. The SMILES string of the molecule is Oc1ccccc1O.Oc1ccccc1O.[Na+].[Na+].[Na+].[O-]B([O-])[O-]. The van der Waals surface area contributed by atoms with E-state index in [0.717, 1.165) is 0 Å². The molecule has 0 unspecified atom stereocenters. The first-order valence-electron chi connectivity index (χ1n) is 5.26. The van der Waals surface area contributed by atoms with Crippen LogP contribution in [-0.4, -0.2) is 27.7 Å². The van der Waals surface area contributed by atoms with E-state index in [9.17, 15) is 0 Å². The molecule has 2 aromatic rings. The maximum atomic E-state index is 8.67. The van der Waals surface area contributed by atoms with Crippen LogP contribution in [0.25, 0.3) is 0 Å². The van der Waals surface area contributed by atoms with Gasteiger partial charge in [0.05, 0.1) is 0 Å². The monoisotopic (exact) mass is 348 g/mol. The summed E-state index contributed by atoms with van der Waals surface area (Å²) in [4.78, 5) is 0. The van der Waals surface area contributed by atoms with Gasteiger partial charge in [-0.05, 0) is 24.3 Å². The van der Waals surface area contributed by atoms with Gasteiger partial charge in [-0.1, -0.05) is 24.3 Å². The summed E-state index contributed by atoms with van der Waals surface area (Å²) in [5, 5.41) is 59.9. The Kier molecular flexibility index (Phi) is 25.8. The Morgan fingerprint density at radius 3 is 0.739 bits per heavy atom. The van der Waals surface area contributed by atoms with Crippen LogP contribution in [0.5, 0.6) is 23.0 Å². The molecule has 0 bridgehead atoms. The third kappa shape index (κ3) is 18.8. The van der Waals surface area contributed by atoms with E-state index in [-0.39, 0.29) is 112 Å². The van der Waals surface area contributed by atoms with Crippen LogP contribution in [0.3, 0.4) is 0 Å². The maximum Gasteiger partial charge on any atom is 1.00 e. The predicted molar refractivity (Wildman–Crippen MR) is 65.3 cm³/mol. The standard InChI is InChI=1S/2C6H6O2.BO3.3Na/c2*7-5-3-1-2-4-6(5)8;2-1(3)4;;;/h2*1-4,7-8H;;;;/q;;-3;3*+1. The second-order valence-corrected chi connectivity index (χ2v) is 3.27. The molecule has 23 heavy (non-hydrogen) atoms. The topological polar surface area (TPSA) is 150 Å². The molecule has 0 radical (unpaired) electrons. The minimum Gasteiger partial charge on any atom is -0.907 e. The van der Waals surface area contributed by atoms with E-state index in [1.54, 1.807) is 24.3 Å². The van der Waals surface area contributed by atoms with Crippen LogP contribution >= 0.6 is 0 Å². The van der Waals surface area contributed by atoms with Crippen molar-refractivity contribution in [3.63, 3.8) is 0 Å². The molecule has 108 valence electrons. The summed E-state index contributed by atoms with van der Waals surface area (Å²) in [6, 6.07) is 12.3. The molecule has 0 fully saturated rings. The third-order valence-corrected chi connectivity index (χ3v) is 1.76. The number of para-hydroxylation sites is 4. The van der Waals surface area contributed by atoms with E-state index < -0.39 is 7.32 Å². The normalized spacial score (nSPS) is 7.43. The summed E-state index contributed by atoms with van der Waals surface area (Å²) in [6.07, 6.45) is 0. The van der Waals surface area contributed by atoms with Crippen LogP contribution in [0, 0.1) is 0 Å². The molecule has 0 saturated heterocycles. The van der Waals surface area contributed by atoms with Crippen LogP contribution in [0.15, 0.2) is 48.5 Å². The van der Waals surface area contributed by atoms with Gasteiger partial charge in [0.2, 0.25) is 0 Å². The summed E-state index contributed by atoms with van der Waals surface area (Å²) < 4.78 is 0. The Morgan fingerprint density at radius 2 is 0.652 bits per heavy atom. The molecule has 0 atom stereocenters. The zero-order valence-corrected chi connectivity index (χ0v) is 19.2. The summed E-state index contributed by atoms with van der Waals surface area (Å²) >= 11 is 0. The fourth-order valence-corrected chi connectivity index (χ4v) is 0.928. The van der Waals surface area contributed by atoms with E-state index in [0.29, 0.717) is 0 Å². The number of hydrogen-bond acceptors (Lipinski definition) is 7. The largest absolute Gasteiger partial charge is 1.00 e. The molecule has 4 N–H and O–H groups in total. The molecule has 2 rings (SSSR count). The van der Waals surface area contributed by atoms with Gasteiger partial charge in [0.1, 0.15) is 0 Å². The summed E-state index contributed by atoms with van der Waals surface area (Å²) in [5.74, 6) is -0.306. The fraction of sp³-hybridized carbons (Fsp3) is 0. The van der Waals surface area contributed by atoms with Gasteiger partial charge in [-0.3, -0.25) is 7.32 Å². The second-order valence-electron chi connectivity index (χ2n) is 3.27. The summed E-state index contributed by atoms with van der Waals surface area (Å²) in [5.41, 5.74) is 0. The maximum absolute atomic E-state index is 8.67. The van der Waals surface area contributed by atoms with Crippen LogP contribution in [-0.2, 0) is 0 Å². The van der Waals surface area contributed by atoms with Crippen molar-refractivity contribution in [1.82, 2.24) is 0 Å². The first-order chi connectivity index (χ1) is 9.34. The van der Waals surface area contributed by atoms with E-state index in [2.05, 4.69) is 0 Å². The van der Waals surface area contributed by atoms with Gasteiger partial charge in [0.25, 0.3) is 0 Å². The van der Waals surface area contributed by atoms with Gasteiger partial charge in [-0.15, -0.1) is 0 Å². The average molecular weight is 348 g/mol. The smallest absolute Gasteiger partial charge is 0.907 e. The van der Waals surface area contributed by atoms with E-state index in [4.69, 9.17) is 35.5 Å². The van der Waals surface area contributed by atoms with Crippen molar-refractivity contribution >= 4 is 7.32 Å². The molecule has 0 saturated carbocycles. The second kappa shape index (κ2) is 18.9. The number of phenolic OH excluding ortho intramolecular Hbond substituents is 4. The van der Waals surface area contributed by atoms with E-state index >= 15 is 0 Å². The molecule has 0 aliphatic rings. The van der Waals surface area contributed by atoms with Crippen molar-refractivity contribution < 1.29 is 124 Å². The zero-order valence-electron chi connectivity index (χ0n) is 13.2. The van der Waals surface area contributed by atoms with Crippen molar-refractivity contribution in [1.29, 1.82) is 0 Å². The first-order valence-corrected chi connectivity index (χ1v) is 5.26. The minimum absolute atomic E-state index is 0. The van der Waals surface area contributed by atoms with Crippen LogP contribution < -0.4 is 104 Å². The summed E-state index contributed by atoms with van der Waals surface area (Å²) in [7, 11) is -2.92. The van der Waals surface area contributed by atoms with Gasteiger partial charge in [-0.2, -0.15) is 0 Å². The Bertz CT molecular complexity index is 429. The predicted octanol–water partition coefficient (Wildman–Crippen LogP) is -10.7. The fourth-order valence-electron chi connectivity index (χ4n) is 0.928. The van der Waals surface area contributed by atoms with Gasteiger partial charge in [0.15, 0.2) is 23.0 Å². The van der Waals surface area contributed by atoms with Crippen molar-refractivity contribution in [3.8, 4) is 23.0 Å². The van der Waals surface area contributed by atoms with Crippen molar-refractivity contribution in [2.45, 2.75) is 0 Å². The number of phenols is 4. The Morgan fingerprint density at radius 1 is 0.522 bits per heavy atom. The molecule has 0 amide bonds. The van der Waals surface area contributed by atoms with Gasteiger partial charge in [0, 0.05) is 0 Å². The Balaban J connectivity index is -0.000000116. The van der Waals surface area contributed by atoms with E-state index in [1.807, 2.05) is 0 Å². The van der Waals surface area contributed by atoms with Crippen molar-refractivity contribution in [2.75, 3.05) is 0 Å². The quantitative estimate of drug-likeness (QED) is 0.273. The first kappa shape index (κ1) is 31.4. The Labute approximate surface area is 200 Å². The molecule has 0 spiro atoms. The van der Waals surface area contributed by atoms with Crippen LogP contribution in [0.1, 0.15) is 0 Å². The minimum atomic E-state index is -2.92. The molecule has 0 aliphatic carbocycles. The summed E-state index contributed by atoms with van der Waals surface area (Å²) in [6.45, 7) is 0. The molecule has 2 aromatic carbocycles. The molecule has 0 aliphatic heterocycles. The number of hydrogen-bond donors (Lipinski definition) is 4. The number of benzene rings is 2.